The van der Waals surface area contributed by atoms with Crippen molar-refractivity contribution in [3.05, 3.63) is 38.9 Å². The Morgan fingerprint density at radius 3 is 2.84 bits per heavy atom. The zero-order valence-corrected chi connectivity index (χ0v) is 11.3. The number of hydrogen-bond acceptors (Lipinski definition) is 4. The standard InChI is InChI=1S/C13H16ClNO4/c14-12-2-1-11(7-13(12)15(16)17)9-19-8-10-3-5-18-6-4-10/h1-2,7,10H,3-6,8-9H2. The van der Waals surface area contributed by atoms with Crippen LogP contribution in [-0.4, -0.2) is 24.7 Å². The van der Waals surface area contributed by atoms with E-state index in [-0.39, 0.29) is 10.7 Å². The molecule has 0 amide bonds. The Bertz CT molecular complexity index is 446. The molecule has 1 heterocycles. The molecule has 1 aromatic carbocycles. The van der Waals surface area contributed by atoms with Gasteiger partial charge in [-0.25, -0.2) is 0 Å². The third-order valence-corrected chi connectivity index (χ3v) is 3.49. The van der Waals surface area contributed by atoms with E-state index < -0.39 is 4.92 Å². The van der Waals surface area contributed by atoms with Gasteiger partial charge in [-0.2, -0.15) is 0 Å². The molecule has 0 spiro atoms. The lowest BCUT2D eigenvalue weighted by Gasteiger charge is -2.21. The van der Waals surface area contributed by atoms with Crippen molar-refractivity contribution in [2.75, 3.05) is 19.8 Å². The smallest absolute Gasteiger partial charge is 0.288 e. The highest BCUT2D eigenvalue weighted by Crippen LogP contribution is 2.25. The van der Waals surface area contributed by atoms with E-state index in [1.807, 2.05) is 0 Å². The molecule has 0 saturated carbocycles. The molecule has 1 aliphatic rings. The Balaban J connectivity index is 1.85. The third-order valence-electron chi connectivity index (χ3n) is 3.17. The predicted molar refractivity (Wildman–Crippen MR) is 71.3 cm³/mol. The van der Waals surface area contributed by atoms with Crippen molar-refractivity contribution in [3.8, 4) is 0 Å². The zero-order chi connectivity index (χ0) is 13.7. The molecular formula is C13H16ClNO4. The second kappa shape index (κ2) is 6.84. The monoisotopic (exact) mass is 285 g/mol. The topological polar surface area (TPSA) is 61.6 Å². The molecule has 5 nitrogen and oxygen atoms in total. The molecule has 1 saturated heterocycles. The summed E-state index contributed by atoms with van der Waals surface area (Å²) in [6.45, 7) is 2.62. The number of halogens is 1. The first-order chi connectivity index (χ1) is 9.16. The van der Waals surface area contributed by atoms with Crippen LogP contribution in [0.3, 0.4) is 0 Å². The predicted octanol–water partition coefficient (Wildman–Crippen LogP) is 3.19. The van der Waals surface area contributed by atoms with E-state index >= 15 is 0 Å². The summed E-state index contributed by atoms with van der Waals surface area (Å²) in [4.78, 5) is 10.3. The minimum absolute atomic E-state index is 0.0752. The molecule has 104 valence electrons. The molecule has 0 aliphatic carbocycles. The van der Waals surface area contributed by atoms with Crippen LogP contribution in [0.15, 0.2) is 18.2 Å². The minimum atomic E-state index is -0.482. The van der Waals surface area contributed by atoms with Crippen molar-refractivity contribution in [1.29, 1.82) is 0 Å². The third kappa shape index (κ3) is 4.16. The summed E-state index contributed by atoms with van der Waals surface area (Å²) in [5, 5.41) is 10.9. The van der Waals surface area contributed by atoms with Gasteiger partial charge in [0.15, 0.2) is 0 Å². The minimum Gasteiger partial charge on any atom is -0.381 e. The summed E-state index contributed by atoms with van der Waals surface area (Å²) < 4.78 is 10.9. The fourth-order valence-electron chi connectivity index (χ4n) is 2.04. The first-order valence-corrected chi connectivity index (χ1v) is 6.63. The highest BCUT2D eigenvalue weighted by Gasteiger charge is 2.15. The molecule has 2 rings (SSSR count). The van der Waals surface area contributed by atoms with Crippen molar-refractivity contribution in [2.45, 2.75) is 19.4 Å². The van der Waals surface area contributed by atoms with Gasteiger partial charge in [0.2, 0.25) is 0 Å². The molecule has 0 atom stereocenters. The van der Waals surface area contributed by atoms with Crippen LogP contribution < -0.4 is 0 Å². The van der Waals surface area contributed by atoms with Gasteiger partial charge >= 0.3 is 0 Å². The average Bonchev–Trinajstić information content (AvgIpc) is 2.41. The van der Waals surface area contributed by atoms with Gasteiger partial charge in [0.25, 0.3) is 5.69 Å². The summed E-state index contributed by atoms with van der Waals surface area (Å²) in [6, 6.07) is 4.75. The Kier molecular flexibility index (Phi) is 5.13. The summed E-state index contributed by atoms with van der Waals surface area (Å²) >= 11 is 5.75. The molecule has 19 heavy (non-hydrogen) atoms. The van der Waals surface area contributed by atoms with Crippen LogP contribution >= 0.6 is 11.6 Å². The van der Waals surface area contributed by atoms with E-state index in [1.165, 1.54) is 12.1 Å². The Morgan fingerprint density at radius 2 is 2.16 bits per heavy atom. The van der Waals surface area contributed by atoms with E-state index in [0.717, 1.165) is 31.6 Å². The van der Waals surface area contributed by atoms with Gasteiger partial charge in [-0.3, -0.25) is 10.1 Å². The van der Waals surface area contributed by atoms with E-state index in [2.05, 4.69) is 0 Å². The van der Waals surface area contributed by atoms with Crippen molar-refractivity contribution in [3.63, 3.8) is 0 Å². The summed E-state index contributed by atoms with van der Waals surface area (Å²) in [6.07, 6.45) is 2.03. The van der Waals surface area contributed by atoms with E-state index in [4.69, 9.17) is 21.1 Å². The Labute approximate surface area is 116 Å². The van der Waals surface area contributed by atoms with Crippen molar-refractivity contribution in [1.82, 2.24) is 0 Å². The zero-order valence-electron chi connectivity index (χ0n) is 10.5. The number of rotatable bonds is 5. The number of benzene rings is 1. The molecule has 0 bridgehead atoms. The Hall–Kier alpha value is -1.17. The number of nitro groups is 1. The average molecular weight is 286 g/mol. The van der Waals surface area contributed by atoms with Gasteiger partial charge in [0, 0.05) is 19.3 Å². The summed E-state index contributed by atoms with van der Waals surface area (Å²) in [5.41, 5.74) is 0.692. The van der Waals surface area contributed by atoms with Crippen LogP contribution in [0.1, 0.15) is 18.4 Å². The normalized spacial score (nSPS) is 16.5. The van der Waals surface area contributed by atoms with E-state index in [9.17, 15) is 10.1 Å². The second-order valence-electron chi connectivity index (χ2n) is 4.61. The van der Waals surface area contributed by atoms with Crippen molar-refractivity contribution in [2.24, 2.45) is 5.92 Å². The fourth-order valence-corrected chi connectivity index (χ4v) is 2.23. The van der Waals surface area contributed by atoms with Gasteiger partial charge < -0.3 is 9.47 Å². The maximum absolute atomic E-state index is 10.8. The lowest BCUT2D eigenvalue weighted by Crippen LogP contribution is -2.20. The molecule has 0 N–H and O–H groups in total. The number of nitro benzene ring substituents is 1. The van der Waals surface area contributed by atoms with Crippen LogP contribution in [0.5, 0.6) is 0 Å². The molecule has 6 heteroatoms. The molecule has 0 unspecified atom stereocenters. The fraction of sp³-hybridized carbons (Fsp3) is 0.538. The highest BCUT2D eigenvalue weighted by atomic mass is 35.5. The van der Waals surface area contributed by atoms with Crippen molar-refractivity contribution < 1.29 is 14.4 Å². The molecule has 0 radical (unpaired) electrons. The van der Waals surface area contributed by atoms with E-state index in [1.54, 1.807) is 6.07 Å². The second-order valence-corrected chi connectivity index (χ2v) is 5.02. The van der Waals surface area contributed by atoms with E-state index in [0.29, 0.717) is 19.1 Å². The van der Waals surface area contributed by atoms with Gasteiger partial charge in [-0.05, 0) is 30.4 Å². The largest absolute Gasteiger partial charge is 0.381 e. The van der Waals surface area contributed by atoms with Crippen LogP contribution in [0.25, 0.3) is 0 Å². The number of nitrogens with zero attached hydrogens (tertiary/aromatic N) is 1. The first kappa shape index (κ1) is 14.2. The van der Waals surface area contributed by atoms with Crippen LogP contribution in [-0.2, 0) is 16.1 Å². The van der Waals surface area contributed by atoms with Crippen LogP contribution in [0.2, 0.25) is 5.02 Å². The lowest BCUT2D eigenvalue weighted by atomic mass is 10.0. The maximum atomic E-state index is 10.8. The SMILES string of the molecule is O=[N+]([O-])c1cc(COCC2CCOCC2)ccc1Cl. The van der Waals surface area contributed by atoms with Gasteiger partial charge in [0.1, 0.15) is 5.02 Å². The maximum Gasteiger partial charge on any atom is 0.288 e. The molecule has 1 aromatic rings. The molecule has 1 aliphatic heterocycles. The Morgan fingerprint density at radius 1 is 1.42 bits per heavy atom. The highest BCUT2D eigenvalue weighted by molar-refractivity contribution is 6.32. The molecular weight excluding hydrogens is 270 g/mol. The van der Waals surface area contributed by atoms with Crippen LogP contribution in [0.4, 0.5) is 5.69 Å². The molecule has 1 fully saturated rings. The van der Waals surface area contributed by atoms with Gasteiger partial charge in [0.05, 0.1) is 18.1 Å². The number of ether oxygens (including phenoxy) is 2. The van der Waals surface area contributed by atoms with Crippen molar-refractivity contribution >= 4 is 17.3 Å². The van der Waals surface area contributed by atoms with Gasteiger partial charge in [-0.15, -0.1) is 0 Å². The quantitative estimate of drug-likeness (QED) is 0.616. The number of hydrogen-bond donors (Lipinski definition) is 0. The van der Waals surface area contributed by atoms with Gasteiger partial charge in [-0.1, -0.05) is 17.7 Å². The lowest BCUT2D eigenvalue weighted by molar-refractivity contribution is -0.384. The summed E-state index contributed by atoms with van der Waals surface area (Å²) in [7, 11) is 0. The van der Waals surface area contributed by atoms with Crippen LogP contribution in [0, 0.1) is 16.0 Å². The summed E-state index contributed by atoms with van der Waals surface area (Å²) in [5.74, 6) is 0.524. The molecule has 0 aromatic heterocycles. The first-order valence-electron chi connectivity index (χ1n) is 6.25.